The highest BCUT2D eigenvalue weighted by molar-refractivity contribution is 5.96. The zero-order valence-corrected chi connectivity index (χ0v) is 30.7. The summed E-state index contributed by atoms with van der Waals surface area (Å²) in [4.78, 5) is 78.9. The van der Waals surface area contributed by atoms with Crippen LogP contribution in [0.1, 0.15) is 109 Å². The number of carbonyl (C=O) groups excluding carboxylic acids is 5. The molecule has 0 radical (unpaired) electrons. The molecule has 13 nitrogen and oxygen atoms in total. The Morgan fingerprint density at radius 3 is 0.979 bits per heavy atom. The van der Waals surface area contributed by atoms with Gasteiger partial charge in [-0.2, -0.15) is 0 Å². The average Bonchev–Trinajstić information content (AvgIpc) is 3.02. The molecule has 0 unspecified atom stereocenters. The summed E-state index contributed by atoms with van der Waals surface area (Å²) in [6, 6.07) is -5.99. The molecule has 10 atom stereocenters. The Balaban J connectivity index is 6.19. The summed E-state index contributed by atoms with van der Waals surface area (Å²) >= 11 is 0. The molecule has 0 fully saturated rings. The number of carboxylic acids is 1. The van der Waals surface area contributed by atoms with Crippen LogP contribution in [0.3, 0.4) is 0 Å². The molecule has 47 heavy (non-hydrogen) atoms. The van der Waals surface area contributed by atoms with Crippen LogP contribution < -0.4 is 32.3 Å². The molecule has 0 heterocycles. The van der Waals surface area contributed by atoms with Gasteiger partial charge in [-0.3, -0.25) is 24.0 Å². The topological polar surface area (TPSA) is 209 Å². The molecule has 0 rings (SSSR count). The van der Waals surface area contributed by atoms with Gasteiger partial charge in [0.25, 0.3) is 0 Å². The average molecular weight is 669 g/mol. The van der Waals surface area contributed by atoms with Gasteiger partial charge in [0.05, 0.1) is 6.04 Å². The second kappa shape index (κ2) is 20.9. The van der Waals surface area contributed by atoms with Crippen molar-refractivity contribution in [1.29, 1.82) is 0 Å². The van der Waals surface area contributed by atoms with E-state index in [2.05, 4.69) is 26.6 Å². The highest BCUT2D eigenvalue weighted by atomic mass is 16.4. The van der Waals surface area contributed by atoms with Crippen molar-refractivity contribution in [3.8, 4) is 0 Å². The highest BCUT2D eigenvalue weighted by Gasteiger charge is 2.37. The van der Waals surface area contributed by atoms with E-state index in [0.717, 1.165) is 0 Å². The second-order valence-electron chi connectivity index (χ2n) is 13.8. The van der Waals surface area contributed by atoms with Crippen LogP contribution in [0.15, 0.2) is 0 Å². The van der Waals surface area contributed by atoms with Gasteiger partial charge >= 0.3 is 5.97 Å². The summed E-state index contributed by atoms with van der Waals surface area (Å²) in [5.41, 5.74) is 6.13. The molecule has 272 valence electrons. The number of carboxylic acid groups (broad SMARTS) is 1. The fraction of sp³-hybridized carbons (Fsp3) is 0.824. The Hall–Kier alpha value is -3.22. The number of aliphatic carboxylic acids is 1. The number of amides is 5. The number of rotatable bonds is 21. The quantitative estimate of drug-likeness (QED) is 0.0963. The lowest BCUT2D eigenvalue weighted by molar-refractivity contribution is -0.144. The van der Waals surface area contributed by atoms with E-state index in [-0.39, 0.29) is 35.5 Å². The van der Waals surface area contributed by atoms with Crippen molar-refractivity contribution in [2.75, 3.05) is 0 Å². The zero-order chi connectivity index (χ0) is 36.8. The number of carbonyl (C=O) groups is 6. The molecule has 0 aromatic heterocycles. The molecule has 0 aliphatic carbocycles. The highest BCUT2D eigenvalue weighted by Crippen LogP contribution is 2.16. The Labute approximate surface area is 282 Å². The lowest BCUT2D eigenvalue weighted by atomic mass is 9.92. The molecule has 5 amide bonds. The van der Waals surface area contributed by atoms with Crippen LogP contribution >= 0.6 is 0 Å². The Bertz CT molecular complexity index is 1050. The van der Waals surface area contributed by atoms with E-state index in [0.29, 0.717) is 25.7 Å². The molecule has 0 aliphatic heterocycles. The summed E-state index contributed by atoms with van der Waals surface area (Å²) in [7, 11) is 0. The van der Waals surface area contributed by atoms with Crippen LogP contribution in [-0.4, -0.2) is 76.9 Å². The van der Waals surface area contributed by atoms with E-state index in [4.69, 9.17) is 5.73 Å². The first kappa shape index (κ1) is 43.8. The fourth-order valence-electron chi connectivity index (χ4n) is 4.89. The number of hydrogen-bond donors (Lipinski definition) is 7. The third-order valence-corrected chi connectivity index (χ3v) is 9.42. The standard InChI is InChI=1S/C34H64N6O7/c1-13-19(9)23(35)29(41)38-26(20(10)14-2)32(44)40-28(22(12)16-4)33(45)39-27(21(11)15-3)31(43)36-24(17(5)6)30(42)37-25(18(7)8)34(46)47/h17-28H,13-16,35H2,1-12H3,(H,36,43)(H,37,42)(H,38,41)(H,39,45)(H,40,44)(H,46,47)/t19-,20-,21-,22-,23-,24-,25-,26-,27-,28-/m0/s1. The molecule has 0 spiro atoms. The molecule has 0 saturated carbocycles. The van der Waals surface area contributed by atoms with Crippen molar-refractivity contribution in [2.24, 2.45) is 41.2 Å². The van der Waals surface area contributed by atoms with Gasteiger partial charge in [-0.25, -0.2) is 4.79 Å². The molecule has 8 N–H and O–H groups in total. The lowest BCUT2D eigenvalue weighted by Gasteiger charge is -2.32. The first-order valence-electron chi connectivity index (χ1n) is 17.3. The van der Waals surface area contributed by atoms with Gasteiger partial charge in [0.1, 0.15) is 30.2 Å². The monoisotopic (exact) mass is 668 g/mol. The van der Waals surface area contributed by atoms with E-state index in [9.17, 15) is 33.9 Å². The van der Waals surface area contributed by atoms with Crippen LogP contribution in [0.2, 0.25) is 0 Å². The Kier molecular flexibility index (Phi) is 19.5. The van der Waals surface area contributed by atoms with Crippen molar-refractivity contribution in [2.45, 2.75) is 145 Å². The van der Waals surface area contributed by atoms with Gasteiger partial charge in [0.15, 0.2) is 0 Å². The van der Waals surface area contributed by atoms with Gasteiger partial charge in [-0.1, -0.05) is 109 Å². The molecule has 0 aromatic carbocycles. The minimum atomic E-state index is -1.18. The molecule has 13 heteroatoms. The molecule has 0 saturated heterocycles. The third kappa shape index (κ3) is 13.4. The van der Waals surface area contributed by atoms with Crippen LogP contribution in [0.4, 0.5) is 0 Å². The zero-order valence-electron chi connectivity index (χ0n) is 30.7. The largest absolute Gasteiger partial charge is 0.480 e. The number of hydrogen-bond acceptors (Lipinski definition) is 7. The summed E-state index contributed by atoms with van der Waals surface area (Å²) in [6.07, 6.45) is 2.33. The fourth-order valence-corrected chi connectivity index (χ4v) is 4.89. The summed E-state index contributed by atoms with van der Waals surface area (Å²) in [5, 5.41) is 23.2. The van der Waals surface area contributed by atoms with Gasteiger partial charge in [0, 0.05) is 0 Å². The molecular weight excluding hydrogens is 604 g/mol. The minimum absolute atomic E-state index is 0.0897. The van der Waals surface area contributed by atoms with E-state index in [1.807, 2.05) is 48.5 Å². The summed E-state index contributed by atoms with van der Waals surface area (Å²) in [5.74, 6) is -5.75. The van der Waals surface area contributed by atoms with Crippen LogP contribution in [0.25, 0.3) is 0 Å². The van der Waals surface area contributed by atoms with Crippen LogP contribution in [0, 0.1) is 35.5 Å². The van der Waals surface area contributed by atoms with E-state index >= 15 is 0 Å². The van der Waals surface area contributed by atoms with Crippen LogP contribution in [0.5, 0.6) is 0 Å². The third-order valence-electron chi connectivity index (χ3n) is 9.42. The maximum absolute atomic E-state index is 13.8. The predicted molar refractivity (Wildman–Crippen MR) is 183 cm³/mol. The normalized spacial score (nSPS) is 17.9. The minimum Gasteiger partial charge on any atom is -0.480 e. The Morgan fingerprint density at radius 1 is 0.447 bits per heavy atom. The molecule has 0 aromatic rings. The summed E-state index contributed by atoms with van der Waals surface area (Å²) < 4.78 is 0. The first-order chi connectivity index (χ1) is 21.8. The van der Waals surface area contributed by atoms with Gasteiger partial charge in [0.2, 0.25) is 29.5 Å². The van der Waals surface area contributed by atoms with Gasteiger partial charge in [-0.15, -0.1) is 0 Å². The Morgan fingerprint density at radius 2 is 0.702 bits per heavy atom. The second-order valence-corrected chi connectivity index (χ2v) is 13.8. The molecule has 0 bridgehead atoms. The molecular formula is C34H64N6O7. The smallest absolute Gasteiger partial charge is 0.326 e. The first-order valence-corrected chi connectivity index (χ1v) is 17.3. The van der Waals surface area contributed by atoms with Crippen molar-refractivity contribution in [3.63, 3.8) is 0 Å². The van der Waals surface area contributed by atoms with E-state index in [1.54, 1.807) is 34.6 Å². The van der Waals surface area contributed by atoms with Crippen molar-refractivity contribution >= 4 is 35.5 Å². The molecule has 0 aliphatic rings. The maximum atomic E-state index is 13.8. The van der Waals surface area contributed by atoms with E-state index < -0.39 is 71.8 Å². The predicted octanol–water partition coefficient (Wildman–Crippen LogP) is 2.32. The summed E-state index contributed by atoms with van der Waals surface area (Å²) in [6.45, 7) is 21.7. The van der Waals surface area contributed by atoms with E-state index in [1.165, 1.54) is 0 Å². The SMILES string of the molecule is CC[C@H](C)[C@H](N)C(=O)N[C@H](C(=O)N[C@H](C(=O)N[C@H](C(=O)N[C@H](C(=O)N[C@H](C(=O)O)C(C)C)C(C)C)[C@@H](C)CC)[C@@H](C)CC)[C@@H](C)CC. The van der Waals surface area contributed by atoms with Gasteiger partial charge < -0.3 is 37.4 Å². The van der Waals surface area contributed by atoms with Crippen molar-refractivity contribution in [1.82, 2.24) is 26.6 Å². The van der Waals surface area contributed by atoms with Crippen LogP contribution in [-0.2, 0) is 28.8 Å². The maximum Gasteiger partial charge on any atom is 0.326 e. The number of nitrogens with one attached hydrogen (secondary N) is 5. The lowest BCUT2D eigenvalue weighted by Crippen LogP contribution is -2.62. The van der Waals surface area contributed by atoms with Crippen molar-refractivity contribution in [3.05, 3.63) is 0 Å². The van der Waals surface area contributed by atoms with Gasteiger partial charge in [-0.05, 0) is 35.5 Å². The number of nitrogens with two attached hydrogens (primary N) is 1. The van der Waals surface area contributed by atoms with Crippen molar-refractivity contribution < 1.29 is 33.9 Å².